The molecule has 106 valence electrons. The van der Waals surface area contributed by atoms with Gasteiger partial charge in [-0.05, 0) is 32.9 Å². The van der Waals surface area contributed by atoms with Crippen LogP contribution in [0, 0.1) is 0 Å². The van der Waals surface area contributed by atoms with Gasteiger partial charge >= 0.3 is 12.1 Å². The normalized spacial score (nSPS) is 12.3. The predicted molar refractivity (Wildman–Crippen MR) is 66.2 cm³/mol. The van der Waals surface area contributed by atoms with Crippen molar-refractivity contribution in [1.29, 1.82) is 0 Å². The van der Waals surface area contributed by atoms with Gasteiger partial charge in [-0.15, -0.1) is 0 Å². The molecule has 0 saturated carbocycles. The Hall–Kier alpha value is -1.72. The van der Waals surface area contributed by atoms with Crippen LogP contribution in [0.4, 0.5) is 18.9 Å². The van der Waals surface area contributed by atoms with Gasteiger partial charge in [-0.1, -0.05) is 12.1 Å². The summed E-state index contributed by atoms with van der Waals surface area (Å²) < 4.78 is 38.9. The van der Waals surface area contributed by atoms with Gasteiger partial charge in [0, 0.05) is 11.2 Å². The smallest absolute Gasteiger partial charge is 0.418 e. The number of aliphatic carboxylic acids is 1. The summed E-state index contributed by atoms with van der Waals surface area (Å²) in [4.78, 5) is 12.1. The van der Waals surface area contributed by atoms with E-state index >= 15 is 0 Å². The molecule has 0 unspecified atom stereocenters. The van der Waals surface area contributed by atoms with Crippen molar-refractivity contribution in [2.45, 2.75) is 32.5 Å². The molecule has 6 heteroatoms. The molecule has 1 N–H and O–H groups in total. The van der Waals surface area contributed by atoms with E-state index in [9.17, 15) is 18.0 Å². The van der Waals surface area contributed by atoms with Crippen molar-refractivity contribution in [2.75, 3.05) is 11.4 Å². The van der Waals surface area contributed by atoms with Crippen LogP contribution in [-0.4, -0.2) is 23.2 Å². The summed E-state index contributed by atoms with van der Waals surface area (Å²) in [6, 6.07) is 4.99. The van der Waals surface area contributed by atoms with Crippen LogP contribution in [0.25, 0.3) is 0 Å². The van der Waals surface area contributed by atoms with Gasteiger partial charge in [-0.25, -0.2) is 0 Å². The van der Waals surface area contributed by atoms with E-state index in [-0.39, 0.29) is 5.69 Å². The fraction of sp³-hybridized carbons (Fsp3) is 0.462. The number of hydrogen-bond acceptors (Lipinski definition) is 2. The van der Waals surface area contributed by atoms with E-state index in [2.05, 4.69) is 0 Å². The van der Waals surface area contributed by atoms with E-state index in [1.165, 1.54) is 23.1 Å². The molecule has 1 aromatic rings. The summed E-state index contributed by atoms with van der Waals surface area (Å²) in [7, 11) is 0. The zero-order valence-corrected chi connectivity index (χ0v) is 11.0. The molecule has 0 fully saturated rings. The number of halogens is 3. The maximum atomic E-state index is 13.0. The minimum absolute atomic E-state index is 0.120. The van der Waals surface area contributed by atoms with Gasteiger partial charge in [-0.2, -0.15) is 13.2 Å². The number of rotatable bonds is 3. The molecule has 0 atom stereocenters. The molecule has 1 aromatic carbocycles. The molecule has 0 aromatic heterocycles. The number of carboxylic acid groups (broad SMARTS) is 1. The lowest BCUT2D eigenvalue weighted by Gasteiger charge is -2.37. The molecule has 0 radical (unpaired) electrons. The van der Waals surface area contributed by atoms with Crippen molar-refractivity contribution in [1.82, 2.24) is 0 Å². The molecular formula is C13H16F3NO2. The van der Waals surface area contributed by atoms with Gasteiger partial charge in [0.2, 0.25) is 0 Å². The summed E-state index contributed by atoms with van der Waals surface area (Å²) >= 11 is 0. The Morgan fingerprint density at radius 1 is 1.21 bits per heavy atom. The van der Waals surface area contributed by atoms with Crippen LogP contribution in [0.1, 0.15) is 26.3 Å². The third-order valence-electron chi connectivity index (χ3n) is 2.60. The summed E-state index contributed by atoms with van der Waals surface area (Å²) in [6.07, 6.45) is -4.52. The first kappa shape index (κ1) is 15.3. The highest BCUT2D eigenvalue weighted by Gasteiger charge is 2.37. The summed E-state index contributed by atoms with van der Waals surface area (Å²) in [6.45, 7) is 4.52. The van der Waals surface area contributed by atoms with Crippen molar-refractivity contribution in [3.63, 3.8) is 0 Å². The molecule has 0 aliphatic carbocycles. The molecule has 0 heterocycles. The van der Waals surface area contributed by atoms with Crippen LogP contribution in [0.2, 0.25) is 0 Å². The van der Waals surface area contributed by atoms with Crippen LogP contribution >= 0.6 is 0 Å². The lowest BCUT2D eigenvalue weighted by atomic mass is 10.0. The van der Waals surface area contributed by atoms with Gasteiger partial charge in [0.1, 0.15) is 6.54 Å². The maximum absolute atomic E-state index is 13.0. The highest BCUT2D eigenvalue weighted by atomic mass is 19.4. The van der Waals surface area contributed by atoms with Crippen molar-refractivity contribution >= 4 is 11.7 Å². The molecule has 1 rings (SSSR count). The first-order valence-corrected chi connectivity index (χ1v) is 5.69. The topological polar surface area (TPSA) is 40.5 Å². The van der Waals surface area contributed by atoms with Crippen LogP contribution in [0.5, 0.6) is 0 Å². The largest absolute Gasteiger partial charge is 0.480 e. The van der Waals surface area contributed by atoms with Crippen LogP contribution in [0.15, 0.2) is 24.3 Å². The van der Waals surface area contributed by atoms with E-state index in [4.69, 9.17) is 5.11 Å². The molecular weight excluding hydrogens is 259 g/mol. The lowest BCUT2D eigenvalue weighted by Crippen LogP contribution is -2.45. The van der Waals surface area contributed by atoms with E-state index < -0.39 is 29.8 Å². The van der Waals surface area contributed by atoms with Crippen LogP contribution < -0.4 is 4.90 Å². The number of benzene rings is 1. The molecule has 0 saturated heterocycles. The second-order valence-electron chi connectivity index (χ2n) is 5.17. The number of nitrogens with zero attached hydrogens (tertiary/aromatic N) is 1. The fourth-order valence-corrected chi connectivity index (χ4v) is 1.77. The molecule has 19 heavy (non-hydrogen) atoms. The summed E-state index contributed by atoms with van der Waals surface area (Å²) in [5.41, 5.74) is -1.68. The minimum Gasteiger partial charge on any atom is -0.480 e. The first-order chi connectivity index (χ1) is 8.53. The van der Waals surface area contributed by atoms with Crippen molar-refractivity contribution in [3.05, 3.63) is 29.8 Å². The zero-order valence-electron chi connectivity index (χ0n) is 11.0. The highest BCUT2D eigenvalue weighted by Crippen LogP contribution is 2.38. The second-order valence-corrected chi connectivity index (χ2v) is 5.17. The summed E-state index contributed by atoms with van der Waals surface area (Å²) in [5, 5.41) is 8.88. The number of carbonyl (C=O) groups is 1. The molecule has 0 spiro atoms. The molecule has 0 amide bonds. The van der Waals surface area contributed by atoms with Crippen molar-refractivity contribution in [3.8, 4) is 0 Å². The predicted octanol–water partition coefficient (Wildman–Crippen LogP) is 3.39. The Morgan fingerprint density at radius 3 is 2.16 bits per heavy atom. The van der Waals surface area contributed by atoms with Crippen molar-refractivity contribution < 1.29 is 23.1 Å². The van der Waals surface area contributed by atoms with Gasteiger partial charge in [-0.3, -0.25) is 4.79 Å². The third-order valence-corrected chi connectivity index (χ3v) is 2.60. The molecule has 0 aliphatic heterocycles. The Balaban J connectivity index is 3.35. The quantitative estimate of drug-likeness (QED) is 0.919. The van der Waals surface area contributed by atoms with Crippen LogP contribution in [-0.2, 0) is 11.0 Å². The molecule has 0 aliphatic rings. The average molecular weight is 275 g/mol. The second kappa shape index (κ2) is 5.11. The fourth-order valence-electron chi connectivity index (χ4n) is 1.77. The van der Waals surface area contributed by atoms with E-state index in [0.717, 1.165) is 6.07 Å². The van der Waals surface area contributed by atoms with Crippen LogP contribution in [0.3, 0.4) is 0 Å². The monoisotopic (exact) mass is 275 g/mol. The van der Waals surface area contributed by atoms with Crippen molar-refractivity contribution in [2.24, 2.45) is 0 Å². The number of hydrogen-bond donors (Lipinski definition) is 1. The van der Waals surface area contributed by atoms with E-state index in [0.29, 0.717) is 0 Å². The Bertz CT molecular complexity index is 464. The summed E-state index contributed by atoms with van der Waals surface area (Å²) in [5.74, 6) is -1.17. The van der Waals surface area contributed by atoms with E-state index in [1.54, 1.807) is 20.8 Å². The number of anilines is 1. The van der Waals surface area contributed by atoms with Gasteiger partial charge in [0.15, 0.2) is 0 Å². The average Bonchev–Trinajstić information content (AvgIpc) is 2.23. The standard InChI is InChI=1S/C13H16F3NO2/c1-12(2,3)17(8-11(18)19)10-7-5-4-6-9(10)13(14,15)16/h4-7H,8H2,1-3H3,(H,18,19). The van der Waals surface area contributed by atoms with Gasteiger partial charge in [0.05, 0.1) is 5.56 Å². The SMILES string of the molecule is CC(C)(C)N(CC(=O)O)c1ccccc1C(F)(F)F. The first-order valence-electron chi connectivity index (χ1n) is 5.69. The number of carboxylic acids is 1. The number of alkyl halides is 3. The van der Waals surface area contributed by atoms with Gasteiger partial charge in [0.25, 0.3) is 0 Å². The molecule has 0 bridgehead atoms. The maximum Gasteiger partial charge on any atom is 0.418 e. The Labute approximate surface area is 109 Å². The lowest BCUT2D eigenvalue weighted by molar-refractivity contribution is -0.138. The number of para-hydroxylation sites is 1. The Morgan fingerprint density at radius 2 is 1.74 bits per heavy atom. The molecule has 3 nitrogen and oxygen atoms in total. The minimum atomic E-state index is -4.52. The third kappa shape index (κ3) is 3.87. The Kier molecular flexibility index (Phi) is 4.12. The highest BCUT2D eigenvalue weighted by molar-refractivity contribution is 5.75. The van der Waals surface area contributed by atoms with Gasteiger partial charge < -0.3 is 10.0 Å². The zero-order chi connectivity index (χ0) is 14.8. The van der Waals surface area contributed by atoms with E-state index in [1.807, 2.05) is 0 Å².